The maximum absolute atomic E-state index is 11.4. The first-order valence-electron chi connectivity index (χ1n) is 15.2. The summed E-state index contributed by atoms with van der Waals surface area (Å²) in [6.07, 6.45) is 7.01. The highest BCUT2D eigenvalue weighted by Gasteiger charge is 2.13. The van der Waals surface area contributed by atoms with Crippen LogP contribution >= 0.6 is 12.2 Å². The lowest BCUT2D eigenvalue weighted by Crippen LogP contribution is -2.10. The number of hydrogen-bond acceptors (Lipinski definition) is 4. The summed E-state index contributed by atoms with van der Waals surface area (Å²) in [6.45, 7) is 7.14. The van der Waals surface area contributed by atoms with Gasteiger partial charge in [0.05, 0.1) is 5.56 Å². The molecule has 4 aromatic carbocycles. The third kappa shape index (κ3) is 8.89. The molecule has 230 valence electrons. The molecule has 5 rings (SSSR count). The van der Waals surface area contributed by atoms with Crippen LogP contribution in [0.2, 0.25) is 0 Å². The number of rotatable bonds is 12. The van der Waals surface area contributed by atoms with Crippen molar-refractivity contribution in [2.45, 2.75) is 52.1 Å². The second-order valence-corrected chi connectivity index (χ2v) is 12.7. The number of carboxylic acids is 1. The average Bonchev–Trinajstić information content (AvgIpc) is 3.48. The van der Waals surface area contributed by atoms with Gasteiger partial charge in [0.1, 0.15) is 12.4 Å². The fourth-order valence-electron chi connectivity index (χ4n) is 5.19. The van der Waals surface area contributed by atoms with Crippen LogP contribution in [0.4, 0.5) is 0 Å². The standard InChI is InChI=1S/C38H39N3O3S/c1-38(2,3)33-22-15-29(16-23-33)25-44-34-7-5-4-6-30(34)17-12-27(24-28-13-20-32(21-14-28)36(42)43)9-8-26-10-18-31(19-11-26)35-39-37(45)41-40-35/h4-7,10-23,27H,8-9,24-25H2,1-3H3,(H,42,43)(H2,39,40,41,45)/b17-12+. The Bertz CT molecular complexity index is 1800. The zero-order chi connectivity index (χ0) is 31.8. The van der Waals surface area contributed by atoms with Gasteiger partial charge < -0.3 is 9.84 Å². The van der Waals surface area contributed by atoms with Crippen LogP contribution in [0.1, 0.15) is 65.4 Å². The number of carbonyl (C=O) groups is 1. The van der Waals surface area contributed by atoms with Gasteiger partial charge in [-0.25, -0.2) is 4.79 Å². The van der Waals surface area contributed by atoms with Crippen molar-refractivity contribution in [3.63, 3.8) is 0 Å². The van der Waals surface area contributed by atoms with Crippen LogP contribution in [0.5, 0.6) is 5.75 Å². The minimum absolute atomic E-state index is 0.115. The number of aromatic nitrogens is 3. The first-order chi connectivity index (χ1) is 21.6. The molecule has 0 bridgehead atoms. The molecule has 1 heterocycles. The quantitative estimate of drug-likeness (QED) is 0.121. The Labute approximate surface area is 269 Å². The minimum Gasteiger partial charge on any atom is -0.488 e. The molecule has 0 aliphatic heterocycles. The third-order valence-corrected chi connectivity index (χ3v) is 8.11. The molecular weight excluding hydrogens is 579 g/mol. The van der Waals surface area contributed by atoms with E-state index in [1.807, 2.05) is 30.3 Å². The zero-order valence-electron chi connectivity index (χ0n) is 25.9. The maximum atomic E-state index is 11.4. The molecule has 6 nitrogen and oxygen atoms in total. The second-order valence-electron chi connectivity index (χ2n) is 12.3. The lowest BCUT2D eigenvalue weighted by Gasteiger charge is -2.19. The van der Waals surface area contributed by atoms with Crippen LogP contribution < -0.4 is 4.74 Å². The van der Waals surface area contributed by atoms with Crippen molar-refractivity contribution in [1.29, 1.82) is 0 Å². The van der Waals surface area contributed by atoms with E-state index in [0.717, 1.165) is 53.1 Å². The number of para-hydroxylation sites is 1. The number of benzene rings is 4. The molecule has 3 N–H and O–H groups in total. The van der Waals surface area contributed by atoms with E-state index in [1.165, 1.54) is 11.1 Å². The Kier molecular flexibility index (Phi) is 10.1. The number of aryl methyl sites for hydroxylation is 1. The number of aromatic amines is 2. The Morgan fingerprint density at radius 3 is 2.20 bits per heavy atom. The van der Waals surface area contributed by atoms with Gasteiger partial charge in [0.15, 0.2) is 5.82 Å². The molecule has 0 aliphatic carbocycles. The molecular formula is C38H39N3O3S. The molecule has 0 saturated carbocycles. The summed E-state index contributed by atoms with van der Waals surface area (Å²) < 4.78 is 6.72. The summed E-state index contributed by atoms with van der Waals surface area (Å²) in [5.74, 6) is 0.867. The zero-order valence-corrected chi connectivity index (χ0v) is 26.7. The summed E-state index contributed by atoms with van der Waals surface area (Å²) >= 11 is 5.08. The highest BCUT2D eigenvalue weighted by Crippen LogP contribution is 2.26. The molecule has 7 heteroatoms. The van der Waals surface area contributed by atoms with Crippen molar-refractivity contribution < 1.29 is 14.6 Å². The topological polar surface area (TPSA) is 91.0 Å². The predicted molar refractivity (Wildman–Crippen MR) is 183 cm³/mol. The molecule has 5 aromatic rings. The molecule has 0 radical (unpaired) electrons. The van der Waals surface area contributed by atoms with Gasteiger partial charge in [0.2, 0.25) is 4.77 Å². The molecule has 0 saturated heterocycles. The van der Waals surface area contributed by atoms with Crippen molar-refractivity contribution in [3.05, 3.63) is 141 Å². The number of carboxylic acid groups (broad SMARTS) is 1. The van der Waals surface area contributed by atoms with Crippen LogP contribution in [-0.4, -0.2) is 26.3 Å². The number of hydrogen-bond donors (Lipinski definition) is 3. The number of nitrogens with zero attached hydrogens (tertiary/aromatic N) is 1. The van der Waals surface area contributed by atoms with Crippen molar-refractivity contribution in [1.82, 2.24) is 15.2 Å². The molecule has 1 aromatic heterocycles. The summed E-state index contributed by atoms with van der Waals surface area (Å²) in [6, 6.07) is 32.3. The Morgan fingerprint density at radius 1 is 0.889 bits per heavy atom. The summed E-state index contributed by atoms with van der Waals surface area (Å²) in [4.78, 5) is 15.7. The number of aromatic carboxylic acids is 1. The fraction of sp³-hybridized carbons (Fsp3) is 0.237. The molecule has 0 fully saturated rings. The van der Waals surface area contributed by atoms with E-state index in [-0.39, 0.29) is 11.3 Å². The Morgan fingerprint density at radius 2 is 1.56 bits per heavy atom. The Hall–Kier alpha value is -4.75. The normalized spacial score (nSPS) is 12.3. The molecule has 1 atom stereocenters. The number of nitrogens with one attached hydrogen (secondary N) is 2. The van der Waals surface area contributed by atoms with Crippen molar-refractivity contribution in [2.24, 2.45) is 5.92 Å². The van der Waals surface area contributed by atoms with Gasteiger partial charge in [-0.2, -0.15) is 4.98 Å². The third-order valence-electron chi connectivity index (χ3n) is 7.91. The number of H-pyrrole nitrogens is 2. The average molecular weight is 618 g/mol. The maximum Gasteiger partial charge on any atom is 0.335 e. The van der Waals surface area contributed by atoms with E-state index in [9.17, 15) is 9.90 Å². The van der Waals surface area contributed by atoms with E-state index in [0.29, 0.717) is 16.9 Å². The lowest BCUT2D eigenvalue weighted by atomic mass is 9.87. The molecule has 45 heavy (non-hydrogen) atoms. The van der Waals surface area contributed by atoms with Gasteiger partial charge in [0.25, 0.3) is 0 Å². The molecule has 1 unspecified atom stereocenters. The molecule has 0 aliphatic rings. The monoisotopic (exact) mass is 617 g/mol. The largest absolute Gasteiger partial charge is 0.488 e. The molecule has 0 spiro atoms. The highest BCUT2D eigenvalue weighted by molar-refractivity contribution is 7.71. The highest BCUT2D eigenvalue weighted by atomic mass is 32.1. The van der Waals surface area contributed by atoms with Gasteiger partial charge in [-0.3, -0.25) is 10.2 Å². The van der Waals surface area contributed by atoms with Gasteiger partial charge in [-0.15, -0.1) is 0 Å². The SMILES string of the molecule is CC(C)(C)c1ccc(COc2ccccc2/C=C/C(CCc2ccc(-c3nc(=S)[nH][nH]3)cc2)Cc2ccc(C(=O)O)cc2)cc1. The first kappa shape index (κ1) is 31.7. The predicted octanol–water partition coefficient (Wildman–Crippen LogP) is 9.21. The van der Waals surface area contributed by atoms with Crippen LogP contribution in [-0.2, 0) is 24.9 Å². The first-order valence-corrected chi connectivity index (χ1v) is 15.6. The van der Waals surface area contributed by atoms with E-state index in [2.05, 4.69) is 103 Å². The van der Waals surface area contributed by atoms with Crippen LogP contribution in [0.15, 0.2) is 103 Å². The van der Waals surface area contributed by atoms with Crippen LogP contribution in [0.3, 0.4) is 0 Å². The van der Waals surface area contributed by atoms with Crippen molar-refractivity contribution >= 4 is 24.3 Å². The smallest absolute Gasteiger partial charge is 0.335 e. The summed E-state index contributed by atoms with van der Waals surface area (Å²) in [7, 11) is 0. The van der Waals surface area contributed by atoms with Gasteiger partial charge in [-0.1, -0.05) is 112 Å². The Balaban J connectivity index is 1.30. The van der Waals surface area contributed by atoms with Crippen molar-refractivity contribution in [3.8, 4) is 17.1 Å². The second kappa shape index (κ2) is 14.4. The van der Waals surface area contributed by atoms with Gasteiger partial charge in [-0.05, 0) is 83.3 Å². The van der Waals surface area contributed by atoms with E-state index in [1.54, 1.807) is 12.1 Å². The summed E-state index contributed by atoms with van der Waals surface area (Å²) in [5.41, 5.74) is 7.17. The van der Waals surface area contributed by atoms with Crippen LogP contribution in [0.25, 0.3) is 17.5 Å². The van der Waals surface area contributed by atoms with E-state index < -0.39 is 5.97 Å². The fourth-order valence-corrected chi connectivity index (χ4v) is 5.33. The molecule has 0 amide bonds. The lowest BCUT2D eigenvalue weighted by molar-refractivity contribution is 0.0697. The summed E-state index contributed by atoms with van der Waals surface area (Å²) in [5, 5.41) is 15.2. The van der Waals surface area contributed by atoms with Gasteiger partial charge >= 0.3 is 5.97 Å². The van der Waals surface area contributed by atoms with E-state index >= 15 is 0 Å². The number of allylic oxidation sites excluding steroid dienone is 1. The van der Waals surface area contributed by atoms with E-state index in [4.69, 9.17) is 17.0 Å². The van der Waals surface area contributed by atoms with Crippen LogP contribution in [0, 0.1) is 10.7 Å². The van der Waals surface area contributed by atoms with Crippen molar-refractivity contribution in [2.75, 3.05) is 0 Å². The minimum atomic E-state index is -0.917. The van der Waals surface area contributed by atoms with Gasteiger partial charge in [0, 0.05) is 11.1 Å². The number of ether oxygens (including phenoxy) is 1.